The molecular formula is C18H26F2N2O2S. The predicted molar refractivity (Wildman–Crippen MR) is 97.4 cm³/mol. The monoisotopic (exact) mass is 372 g/mol. The van der Waals surface area contributed by atoms with E-state index in [1.165, 1.54) is 0 Å². The molecule has 7 heteroatoms. The van der Waals surface area contributed by atoms with Crippen molar-refractivity contribution < 1.29 is 18.3 Å². The Kier molecular flexibility index (Phi) is 6.93. The molecule has 0 radical (unpaired) electrons. The Labute approximate surface area is 152 Å². The van der Waals surface area contributed by atoms with Crippen LogP contribution < -0.4 is 5.32 Å². The van der Waals surface area contributed by atoms with E-state index in [-0.39, 0.29) is 12.1 Å². The van der Waals surface area contributed by atoms with Crippen LogP contribution in [-0.4, -0.2) is 41.5 Å². The highest BCUT2D eigenvalue weighted by atomic mass is 32.2. The second-order valence-electron chi connectivity index (χ2n) is 7.11. The summed E-state index contributed by atoms with van der Waals surface area (Å²) < 4.78 is 30.2. The fourth-order valence-electron chi connectivity index (χ4n) is 2.76. The number of ether oxygens (including phenoxy) is 1. The number of nitrogens with one attached hydrogen (secondary N) is 1. The molecule has 1 aliphatic heterocycles. The summed E-state index contributed by atoms with van der Waals surface area (Å²) in [5.41, 5.74) is 0.346. The number of likely N-dealkylation sites (tertiary alicyclic amines) is 1. The summed E-state index contributed by atoms with van der Waals surface area (Å²) in [5, 5.41) is 3.30. The number of hydrogen-bond donors (Lipinski definition) is 1. The van der Waals surface area contributed by atoms with Crippen LogP contribution in [0.25, 0.3) is 0 Å². The quantitative estimate of drug-likeness (QED) is 0.721. The molecule has 0 aromatic heterocycles. The zero-order valence-electron chi connectivity index (χ0n) is 14.9. The van der Waals surface area contributed by atoms with E-state index in [0.717, 1.165) is 24.9 Å². The smallest absolute Gasteiger partial charge is 0.410 e. The SMILES string of the molecule is CC(C)(C)OC(=O)N1CCCCC1CNc1ccc(SC(F)F)cc1. The lowest BCUT2D eigenvalue weighted by atomic mass is 10.0. The first-order valence-corrected chi connectivity index (χ1v) is 9.41. The Bertz CT molecular complexity index is 561. The number of benzene rings is 1. The predicted octanol–water partition coefficient (Wildman–Crippen LogP) is 5.20. The van der Waals surface area contributed by atoms with Crippen molar-refractivity contribution in [2.75, 3.05) is 18.4 Å². The lowest BCUT2D eigenvalue weighted by molar-refractivity contribution is 0.0114. The summed E-state index contributed by atoms with van der Waals surface area (Å²) in [6, 6.07) is 6.98. The number of piperidine rings is 1. The highest BCUT2D eigenvalue weighted by molar-refractivity contribution is 7.99. The number of anilines is 1. The number of nitrogens with zero attached hydrogens (tertiary/aromatic N) is 1. The van der Waals surface area contributed by atoms with Crippen molar-refractivity contribution in [3.63, 3.8) is 0 Å². The average Bonchev–Trinajstić information content (AvgIpc) is 2.52. The summed E-state index contributed by atoms with van der Waals surface area (Å²) in [7, 11) is 0. The fourth-order valence-corrected chi connectivity index (χ4v) is 3.26. The summed E-state index contributed by atoms with van der Waals surface area (Å²) in [6.45, 7) is 6.90. The third-order valence-corrected chi connectivity index (χ3v) is 4.60. The highest BCUT2D eigenvalue weighted by Crippen LogP contribution is 2.26. The molecule has 1 aromatic carbocycles. The number of amides is 1. The van der Waals surface area contributed by atoms with E-state index in [0.29, 0.717) is 29.7 Å². The lowest BCUT2D eigenvalue weighted by Gasteiger charge is -2.37. The normalized spacial score (nSPS) is 18.3. The first-order chi connectivity index (χ1) is 11.7. The van der Waals surface area contributed by atoms with Crippen LogP contribution in [0.15, 0.2) is 29.2 Å². The Balaban J connectivity index is 1.91. The van der Waals surface area contributed by atoms with Crippen molar-refractivity contribution in [3.8, 4) is 0 Å². The number of carbonyl (C=O) groups is 1. The summed E-state index contributed by atoms with van der Waals surface area (Å²) >= 11 is 0.532. The van der Waals surface area contributed by atoms with Crippen molar-refractivity contribution in [2.24, 2.45) is 0 Å². The summed E-state index contributed by atoms with van der Waals surface area (Å²) in [6.07, 6.45) is 2.71. The van der Waals surface area contributed by atoms with Crippen LogP contribution in [0.3, 0.4) is 0 Å². The number of alkyl halides is 2. The minimum absolute atomic E-state index is 0.0683. The van der Waals surface area contributed by atoms with E-state index in [9.17, 15) is 13.6 Å². The van der Waals surface area contributed by atoms with Crippen molar-refractivity contribution in [1.29, 1.82) is 0 Å². The second kappa shape index (κ2) is 8.74. The van der Waals surface area contributed by atoms with Gasteiger partial charge in [-0.05, 0) is 64.3 Å². The molecule has 1 N–H and O–H groups in total. The van der Waals surface area contributed by atoms with Crippen LogP contribution in [0.2, 0.25) is 0 Å². The molecule has 2 rings (SSSR count). The number of hydrogen-bond acceptors (Lipinski definition) is 4. The molecule has 4 nitrogen and oxygen atoms in total. The Hall–Kier alpha value is -1.50. The van der Waals surface area contributed by atoms with Gasteiger partial charge in [0, 0.05) is 23.7 Å². The van der Waals surface area contributed by atoms with Gasteiger partial charge >= 0.3 is 6.09 Å². The van der Waals surface area contributed by atoms with Crippen LogP contribution in [0, 0.1) is 0 Å². The molecule has 0 saturated carbocycles. The molecule has 140 valence electrons. The van der Waals surface area contributed by atoms with Crippen LogP contribution >= 0.6 is 11.8 Å². The first-order valence-electron chi connectivity index (χ1n) is 8.53. The maximum absolute atomic E-state index is 12.4. The number of halogens is 2. The van der Waals surface area contributed by atoms with Crippen molar-refractivity contribution >= 4 is 23.5 Å². The molecule has 1 aliphatic rings. The van der Waals surface area contributed by atoms with Crippen LogP contribution in [0.4, 0.5) is 19.3 Å². The maximum atomic E-state index is 12.4. The third kappa shape index (κ3) is 6.72. The largest absolute Gasteiger partial charge is 0.444 e. The second-order valence-corrected chi connectivity index (χ2v) is 8.17. The Morgan fingerprint density at radius 1 is 1.32 bits per heavy atom. The molecule has 0 aliphatic carbocycles. The van der Waals surface area contributed by atoms with Gasteiger partial charge in [-0.3, -0.25) is 0 Å². The van der Waals surface area contributed by atoms with E-state index in [1.807, 2.05) is 20.8 Å². The zero-order valence-corrected chi connectivity index (χ0v) is 15.7. The summed E-state index contributed by atoms with van der Waals surface area (Å²) in [5.74, 6) is -2.41. The molecule has 1 fully saturated rings. The van der Waals surface area contributed by atoms with Gasteiger partial charge in [-0.1, -0.05) is 11.8 Å². The molecule has 1 atom stereocenters. The van der Waals surface area contributed by atoms with Gasteiger partial charge in [-0.25, -0.2) is 4.79 Å². The maximum Gasteiger partial charge on any atom is 0.410 e. The van der Waals surface area contributed by atoms with E-state index in [4.69, 9.17) is 4.74 Å². The molecule has 0 bridgehead atoms. The van der Waals surface area contributed by atoms with Crippen LogP contribution in [-0.2, 0) is 4.74 Å². The molecule has 0 spiro atoms. The van der Waals surface area contributed by atoms with E-state index in [2.05, 4.69) is 5.32 Å². The molecule has 1 aromatic rings. The first kappa shape index (κ1) is 19.8. The van der Waals surface area contributed by atoms with Gasteiger partial charge in [-0.15, -0.1) is 0 Å². The van der Waals surface area contributed by atoms with Gasteiger partial charge in [-0.2, -0.15) is 8.78 Å². The van der Waals surface area contributed by atoms with E-state index in [1.54, 1.807) is 29.2 Å². The average molecular weight is 372 g/mol. The van der Waals surface area contributed by atoms with Crippen LogP contribution in [0.5, 0.6) is 0 Å². The van der Waals surface area contributed by atoms with Gasteiger partial charge in [0.1, 0.15) is 5.60 Å². The molecular weight excluding hydrogens is 346 g/mol. The van der Waals surface area contributed by atoms with Gasteiger partial charge in [0.2, 0.25) is 0 Å². The topological polar surface area (TPSA) is 41.6 Å². The van der Waals surface area contributed by atoms with Gasteiger partial charge < -0.3 is 15.0 Å². The van der Waals surface area contributed by atoms with Gasteiger partial charge in [0.05, 0.1) is 6.04 Å². The Morgan fingerprint density at radius 3 is 2.60 bits per heavy atom. The van der Waals surface area contributed by atoms with Crippen molar-refractivity contribution in [1.82, 2.24) is 4.90 Å². The number of carbonyl (C=O) groups excluding carboxylic acids is 1. The number of thioether (sulfide) groups is 1. The summed E-state index contributed by atoms with van der Waals surface area (Å²) in [4.78, 5) is 14.7. The van der Waals surface area contributed by atoms with Gasteiger partial charge in [0.25, 0.3) is 5.76 Å². The van der Waals surface area contributed by atoms with E-state index >= 15 is 0 Å². The molecule has 1 amide bonds. The molecule has 25 heavy (non-hydrogen) atoms. The Morgan fingerprint density at radius 2 is 2.00 bits per heavy atom. The van der Waals surface area contributed by atoms with Crippen LogP contribution in [0.1, 0.15) is 40.0 Å². The molecule has 1 unspecified atom stereocenters. The zero-order chi connectivity index (χ0) is 18.4. The standard InChI is InChI=1S/C18H26F2N2O2S/c1-18(2,3)24-17(23)22-11-5-4-6-14(22)12-21-13-7-9-15(10-8-13)25-16(19)20/h7-10,14,16,21H,4-6,11-12H2,1-3H3. The minimum Gasteiger partial charge on any atom is -0.444 e. The minimum atomic E-state index is -2.41. The highest BCUT2D eigenvalue weighted by Gasteiger charge is 2.30. The molecule has 1 saturated heterocycles. The lowest BCUT2D eigenvalue weighted by Crippen LogP contribution is -2.48. The number of rotatable bonds is 5. The van der Waals surface area contributed by atoms with Crippen molar-refractivity contribution in [3.05, 3.63) is 24.3 Å². The fraction of sp³-hybridized carbons (Fsp3) is 0.611. The van der Waals surface area contributed by atoms with Gasteiger partial charge in [0.15, 0.2) is 0 Å². The molecule has 1 heterocycles. The third-order valence-electron chi connectivity index (χ3n) is 3.88. The van der Waals surface area contributed by atoms with Crippen molar-refractivity contribution in [2.45, 2.75) is 62.3 Å². The van der Waals surface area contributed by atoms with E-state index < -0.39 is 11.4 Å².